The van der Waals surface area contributed by atoms with Crippen molar-refractivity contribution in [1.82, 2.24) is 40.4 Å². The molecule has 14 heteroatoms. The van der Waals surface area contributed by atoms with E-state index in [2.05, 4.69) is 49.6 Å². The first kappa shape index (κ1) is 45.2. The van der Waals surface area contributed by atoms with Crippen molar-refractivity contribution in [2.75, 3.05) is 13.1 Å². The molecule has 2 saturated heterocycles. The third-order valence-electron chi connectivity index (χ3n) is 11.5. The van der Waals surface area contributed by atoms with Crippen LogP contribution in [0.5, 0.6) is 0 Å². The van der Waals surface area contributed by atoms with Crippen LogP contribution in [0.2, 0.25) is 0 Å². The van der Waals surface area contributed by atoms with Crippen LogP contribution < -0.4 is 10.6 Å². The number of alkyl carbamates (subject to hydrolysis) is 2. The molecule has 0 aliphatic carbocycles. The maximum atomic E-state index is 14.2. The van der Waals surface area contributed by atoms with Gasteiger partial charge in [0.25, 0.3) is 11.8 Å². The number of ether oxygens (including phenoxy) is 2. The number of imidazole rings is 2. The molecular formula is C52H56N8O6. The second-order valence-electron chi connectivity index (χ2n) is 18.8. The number of hydrogen-bond donors (Lipinski definition) is 4. The Labute approximate surface area is 384 Å². The van der Waals surface area contributed by atoms with Crippen molar-refractivity contribution in [3.8, 4) is 23.1 Å². The van der Waals surface area contributed by atoms with E-state index in [1.807, 2.05) is 84.9 Å². The Hall–Kier alpha value is -7.40. The molecule has 0 spiro atoms. The molecule has 2 aliphatic rings. The SMILES string of the molecule is CC(C)(C)OC(=O)NC(C(=O)N1CCCC1c1ncc(C#Cc2ccc3cc(-c4cnc(C5CCCN5C(=O)C(NC(=O)OC(C)(C)C)c5ccccc5)[nH]4)ccc3c2)[nH]1)c1ccccc1. The number of likely N-dealkylation sites (tertiary alicyclic amines) is 2. The first-order chi connectivity index (χ1) is 31.6. The third-order valence-corrected chi connectivity index (χ3v) is 11.5. The second kappa shape index (κ2) is 19.0. The third kappa shape index (κ3) is 10.7. The number of carbonyl (C=O) groups excluding carboxylic acids is 4. The van der Waals surface area contributed by atoms with E-state index in [-0.39, 0.29) is 23.9 Å². The highest BCUT2D eigenvalue weighted by Gasteiger charge is 2.39. The summed E-state index contributed by atoms with van der Waals surface area (Å²) < 4.78 is 11.0. The van der Waals surface area contributed by atoms with Gasteiger partial charge in [-0.05, 0) is 113 Å². The van der Waals surface area contributed by atoms with Crippen molar-refractivity contribution < 1.29 is 28.7 Å². The lowest BCUT2D eigenvalue weighted by atomic mass is 10.0. The molecule has 2 aromatic heterocycles. The lowest BCUT2D eigenvalue weighted by Gasteiger charge is -2.29. The number of H-pyrrole nitrogens is 2. The van der Waals surface area contributed by atoms with E-state index in [0.29, 0.717) is 41.6 Å². The average Bonchev–Trinajstić information content (AvgIpc) is 4.13. The highest BCUT2D eigenvalue weighted by molar-refractivity contribution is 5.89. The molecule has 4 amide bonds. The molecule has 14 nitrogen and oxygen atoms in total. The maximum Gasteiger partial charge on any atom is 0.408 e. The van der Waals surface area contributed by atoms with Crippen LogP contribution in [0.3, 0.4) is 0 Å². The summed E-state index contributed by atoms with van der Waals surface area (Å²) in [6, 6.07) is 28.2. The summed E-state index contributed by atoms with van der Waals surface area (Å²) in [6.07, 6.45) is 5.21. The van der Waals surface area contributed by atoms with E-state index in [4.69, 9.17) is 14.5 Å². The van der Waals surface area contributed by atoms with E-state index in [1.54, 1.807) is 63.7 Å². The van der Waals surface area contributed by atoms with Gasteiger partial charge in [-0.15, -0.1) is 0 Å². The molecule has 0 radical (unpaired) electrons. The van der Waals surface area contributed by atoms with Gasteiger partial charge in [0.1, 0.15) is 40.6 Å². The first-order valence-electron chi connectivity index (χ1n) is 22.4. The summed E-state index contributed by atoms with van der Waals surface area (Å²) in [5, 5.41) is 7.66. The van der Waals surface area contributed by atoms with Gasteiger partial charge in [-0.25, -0.2) is 19.6 Å². The topological polar surface area (TPSA) is 175 Å². The van der Waals surface area contributed by atoms with E-state index >= 15 is 0 Å². The number of nitrogens with one attached hydrogen (secondary N) is 4. The standard InChI is InChI=1S/C52H56N8O6/c1-51(2,3)65-49(63)57-43(34-15-9-7-10-16-34)47(61)59-27-13-19-41(59)45-53-31-39(55-45)26-22-33-21-23-37-30-38(25-24-36(37)29-33)40-32-54-46(56-40)42-20-14-28-60(42)48(62)44(35-17-11-8-12-18-35)58-50(64)66-52(4,5)6/h7-12,15-18,21,23-25,29-32,41-44H,13-14,19-20,27-28H2,1-6H3,(H,53,55)(H,54,56)(H,57,63)(H,58,64). The van der Waals surface area contributed by atoms with Gasteiger partial charge in [0.05, 0.1) is 30.2 Å². The van der Waals surface area contributed by atoms with Gasteiger partial charge in [-0.3, -0.25) is 9.59 Å². The van der Waals surface area contributed by atoms with E-state index < -0.39 is 35.5 Å². The van der Waals surface area contributed by atoms with Gasteiger partial charge in [0.15, 0.2) is 0 Å². The Kier molecular flexibility index (Phi) is 13.0. The molecule has 6 aromatic rings. The second-order valence-corrected chi connectivity index (χ2v) is 18.8. The van der Waals surface area contributed by atoms with Crippen LogP contribution in [0.15, 0.2) is 109 Å². The van der Waals surface area contributed by atoms with Crippen LogP contribution in [0.1, 0.15) is 125 Å². The number of fused-ring (bicyclic) bond motifs is 1. The lowest BCUT2D eigenvalue weighted by Crippen LogP contribution is -2.44. The zero-order valence-corrected chi connectivity index (χ0v) is 38.2. The summed E-state index contributed by atoms with van der Waals surface area (Å²) in [5.41, 5.74) is 3.13. The Balaban J connectivity index is 0.939. The van der Waals surface area contributed by atoms with Crippen molar-refractivity contribution in [3.63, 3.8) is 0 Å². The highest BCUT2D eigenvalue weighted by Crippen LogP contribution is 2.36. The molecule has 0 bridgehead atoms. The van der Waals surface area contributed by atoms with Crippen LogP contribution in [0.4, 0.5) is 9.59 Å². The number of aromatic amines is 2. The molecule has 4 unspecified atom stereocenters. The van der Waals surface area contributed by atoms with E-state index in [0.717, 1.165) is 53.3 Å². The molecule has 4 heterocycles. The zero-order chi connectivity index (χ0) is 46.6. The average molecular weight is 889 g/mol. The number of rotatable bonds is 9. The van der Waals surface area contributed by atoms with Crippen LogP contribution in [0, 0.1) is 11.8 Å². The summed E-state index contributed by atoms with van der Waals surface area (Å²) in [6.45, 7) is 11.8. The molecular weight excluding hydrogens is 833 g/mol. The van der Waals surface area contributed by atoms with E-state index in [1.165, 1.54) is 0 Å². The number of carbonyl (C=O) groups is 4. The smallest absolute Gasteiger partial charge is 0.408 e. The predicted octanol–water partition coefficient (Wildman–Crippen LogP) is 9.21. The van der Waals surface area contributed by atoms with Crippen molar-refractivity contribution in [1.29, 1.82) is 0 Å². The normalized spacial score (nSPS) is 17.1. The summed E-state index contributed by atoms with van der Waals surface area (Å²) >= 11 is 0. The van der Waals surface area contributed by atoms with Gasteiger partial charge in [-0.2, -0.15) is 0 Å². The van der Waals surface area contributed by atoms with Crippen LogP contribution in [-0.4, -0.2) is 78.0 Å². The Bertz CT molecular complexity index is 2780. The maximum absolute atomic E-state index is 14.2. The Morgan fingerprint density at radius 3 is 1.68 bits per heavy atom. The van der Waals surface area contributed by atoms with Crippen molar-refractivity contribution in [2.24, 2.45) is 0 Å². The largest absolute Gasteiger partial charge is 0.444 e. The summed E-state index contributed by atoms with van der Waals surface area (Å²) in [7, 11) is 0. The zero-order valence-electron chi connectivity index (χ0n) is 38.2. The van der Waals surface area contributed by atoms with E-state index in [9.17, 15) is 19.2 Å². The summed E-state index contributed by atoms with van der Waals surface area (Å²) in [5.74, 6) is 7.34. The van der Waals surface area contributed by atoms with Gasteiger partial charge in [0.2, 0.25) is 0 Å². The van der Waals surface area contributed by atoms with Gasteiger partial charge < -0.3 is 39.9 Å². The predicted molar refractivity (Wildman–Crippen MR) is 251 cm³/mol. The number of benzene rings is 4. The molecule has 4 aromatic carbocycles. The van der Waals surface area contributed by atoms with Gasteiger partial charge in [0, 0.05) is 24.2 Å². The highest BCUT2D eigenvalue weighted by atomic mass is 16.6. The fourth-order valence-corrected chi connectivity index (χ4v) is 8.53. The quantitative estimate of drug-likeness (QED) is 0.104. The minimum Gasteiger partial charge on any atom is -0.444 e. The molecule has 2 aliphatic heterocycles. The molecule has 4 N–H and O–H groups in total. The molecule has 66 heavy (non-hydrogen) atoms. The fourth-order valence-electron chi connectivity index (χ4n) is 8.53. The number of aromatic nitrogens is 4. The number of amides is 4. The van der Waals surface area contributed by atoms with Crippen molar-refractivity contribution in [2.45, 2.75) is 103 Å². The van der Waals surface area contributed by atoms with Crippen LogP contribution in [0.25, 0.3) is 22.0 Å². The van der Waals surface area contributed by atoms with Crippen LogP contribution in [-0.2, 0) is 19.1 Å². The molecule has 4 atom stereocenters. The van der Waals surface area contributed by atoms with Crippen LogP contribution >= 0.6 is 0 Å². The lowest BCUT2D eigenvalue weighted by molar-refractivity contribution is -0.135. The Morgan fingerprint density at radius 1 is 0.636 bits per heavy atom. The Morgan fingerprint density at radius 2 is 1.14 bits per heavy atom. The minimum atomic E-state index is -0.923. The molecule has 0 saturated carbocycles. The number of nitrogens with zero attached hydrogens (tertiary/aromatic N) is 4. The van der Waals surface area contributed by atoms with Crippen molar-refractivity contribution in [3.05, 3.63) is 143 Å². The minimum absolute atomic E-state index is 0.221. The van der Waals surface area contributed by atoms with Crippen molar-refractivity contribution >= 4 is 34.8 Å². The van der Waals surface area contributed by atoms with Gasteiger partial charge in [-0.1, -0.05) is 84.8 Å². The molecule has 340 valence electrons. The summed E-state index contributed by atoms with van der Waals surface area (Å²) in [4.78, 5) is 73.8. The fraction of sp³-hybridized carbons (Fsp3) is 0.346. The molecule has 8 rings (SSSR count). The first-order valence-corrected chi connectivity index (χ1v) is 22.4. The molecule has 2 fully saturated rings. The van der Waals surface area contributed by atoms with Gasteiger partial charge >= 0.3 is 12.2 Å². The monoisotopic (exact) mass is 888 g/mol. The number of hydrogen-bond acceptors (Lipinski definition) is 8.